The van der Waals surface area contributed by atoms with Crippen LogP contribution in [0.2, 0.25) is 0 Å². The van der Waals surface area contributed by atoms with Crippen molar-refractivity contribution in [1.82, 2.24) is 0 Å². The van der Waals surface area contributed by atoms with Gasteiger partial charge in [-0.25, -0.2) is 0 Å². The molecule has 1 aromatic carbocycles. The molecule has 37 heavy (non-hydrogen) atoms. The van der Waals surface area contributed by atoms with E-state index in [0.29, 0.717) is 13.8 Å². The Bertz CT molecular complexity index is 904. The van der Waals surface area contributed by atoms with Crippen molar-refractivity contribution in [3.05, 3.63) is 34.9 Å². The Morgan fingerprint density at radius 3 is 1.00 bits per heavy atom. The number of aliphatic hydroxyl groups is 1. The highest BCUT2D eigenvalue weighted by atomic mass is 19.4. The van der Waals surface area contributed by atoms with E-state index in [2.05, 4.69) is 0 Å². The number of aliphatic hydroxyl groups excluding tert-OH is 1. The summed E-state index contributed by atoms with van der Waals surface area (Å²) < 4.78 is 241. The quantitative estimate of drug-likeness (QED) is 0.305. The second-order valence-corrected chi connectivity index (χ2v) is 7.90. The third-order valence-electron chi connectivity index (χ3n) is 5.00. The lowest BCUT2D eigenvalue weighted by Gasteiger charge is -2.38. The van der Waals surface area contributed by atoms with E-state index in [-0.39, 0.29) is 0 Å². The Labute approximate surface area is 194 Å². The van der Waals surface area contributed by atoms with E-state index in [0.717, 1.165) is 0 Å². The highest BCUT2D eigenvalue weighted by Crippen LogP contribution is 2.61. The average Bonchev–Trinajstić information content (AvgIpc) is 2.70. The molecule has 0 spiro atoms. The van der Waals surface area contributed by atoms with E-state index >= 15 is 0 Å². The second kappa shape index (κ2) is 9.00. The fourth-order valence-electron chi connectivity index (χ4n) is 2.85. The molecule has 1 N–H and O–H groups in total. The zero-order chi connectivity index (χ0) is 30.0. The molecule has 0 fully saturated rings. The zero-order valence-electron chi connectivity index (χ0n) is 17.6. The van der Waals surface area contributed by atoms with Crippen molar-refractivity contribution in [3.63, 3.8) is 0 Å². The van der Waals surface area contributed by atoms with Gasteiger partial charge in [0, 0.05) is 11.1 Å². The summed E-state index contributed by atoms with van der Waals surface area (Å²) >= 11 is 0. The summed E-state index contributed by atoms with van der Waals surface area (Å²) in [6.07, 6.45) is -18.1. The van der Waals surface area contributed by atoms with Crippen LogP contribution in [0.25, 0.3) is 0 Å². The summed E-state index contributed by atoms with van der Waals surface area (Å²) in [5.74, 6) is -46.3. The van der Waals surface area contributed by atoms with Crippen molar-refractivity contribution < 1.29 is 84.1 Å². The second-order valence-electron chi connectivity index (χ2n) is 7.90. The van der Waals surface area contributed by atoms with Gasteiger partial charge in [0.25, 0.3) is 0 Å². The molecule has 1 atom stereocenters. The van der Waals surface area contributed by atoms with Crippen LogP contribution in [0.15, 0.2) is 18.2 Å². The summed E-state index contributed by atoms with van der Waals surface area (Å²) in [6, 6.07) is -1.64. The molecule has 0 amide bonds. The van der Waals surface area contributed by atoms with Crippen molar-refractivity contribution in [2.75, 3.05) is 0 Å². The van der Waals surface area contributed by atoms with Gasteiger partial charge in [-0.05, 0) is 11.5 Å². The predicted octanol–water partition coefficient (Wildman–Crippen LogP) is 8.23. The summed E-state index contributed by atoms with van der Waals surface area (Å²) in [6.45, 7) is 1.26. The standard InChI is InChI=1S/C18H12F18O/c1-6(2)10(37)9-7(11(19,20)13(23,24)15(27,28)17(31,32)33)4-3-5-8(9)12(21,22)14(25,26)16(29,30)18(34,35)36/h3-6,10,37H,1-2H3. The maximum absolute atomic E-state index is 14.5. The van der Waals surface area contributed by atoms with Crippen LogP contribution in [0.3, 0.4) is 0 Å². The van der Waals surface area contributed by atoms with Crippen molar-refractivity contribution >= 4 is 0 Å². The molecule has 19 heteroatoms. The summed E-state index contributed by atoms with van der Waals surface area (Å²) in [7, 11) is 0. The Morgan fingerprint density at radius 1 is 0.514 bits per heavy atom. The Hall–Kier alpha value is -2.08. The van der Waals surface area contributed by atoms with Crippen LogP contribution >= 0.6 is 0 Å². The number of alkyl halides is 18. The van der Waals surface area contributed by atoms with Gasteiger partial charge in [-0.3, -0.25) is 0 Å². The molecule has 1 unspecified atom stereocenters. The van der Waals surface area contributed by atoms with Crippen molar-refractivity contribution in [2.24, 2.45) is 5.92 Å². The highest BCUT2D eigenvalue weighted by Gasteiger charge is 2.84. The molecular formula is C18H12F18O. The summed E-state index contributed by atoms with van der Waals surface area (Å²) in [4.78, 5) is 0. The van der Waals surface area contributed by atoms with Gasteiger partial charge in [-0.15, -0.1) is 0 Å². The fraction of sp³-hybridized carbons (Fsp3) is 0.667. The van der Waals surface area contributed by atoms with Crippen molar-refractivity contribution in [2.45, 2.75) is 67.8 Å². The maximum Gasteiger partial charge on any atom is 0.460 e. The largest absolute Gasteiger partial charge is 0.460 e. The van der Waals surface area contributed by atoms with Gasteiger partial charge < -0.3 is 5.11 Å². The van der Waals surface area contributed by atoms with Gasteiger partial charge in [0.2, 0.25) is 0 Å². The first kappa shape index (κ1) is 32.9. The fourth-order valence-corrected chi connectivity index (χ4v) is 2.85. The molecule has 0 saturated carbocycles. The van der Waals surface area contributed by atoms with Crippen LogP contribution in [0.5, 0.6) is 0 Å². The molecule has 1 aromatic rings. The maximum atomic E-state index is 14.5. The van der Waals surface area contributed by atoms with Crippen LogP contribution < -0.4 is 0 Å². The average molecular weight is 586 g/mol. The minimum absolute atomic E-state index is 0.424. The Morgan fingerprint density at radius 2 is 0.784 bits per heavy atom. The SMILES string of the molecule is CC(C)C(O)c1c(C(F)(F)C(F)(F)C(F)(F)C(F)(F)F)cccc1C(F)(F)C(F)(F)C(F)(F)C(F)(F)F. The summed E-state index contributed by atoms with van der Waals surface area (Å²) in [5.41, 5.74) is -8.92. The Kier molecular flexibility index (Phi) is 8.01. The van der Waals surface area contributed by atoms with Crippen molar-refractivity contribution in [3.8, 4) is 0 Å². The van der Waals surface area contributed by atoms with Crippen LogP contribution in [0.1, 0.15) is 36.6 Å². The molecule has 0 aliphatic rings. The van der Waals surface area contributed by atoms with Crippen LogP contribution in [-0.4, -0.2) is 41.1 Å². The third kappa shape index (κ3) is 4.68. The molecule has 1 nitrogen and oxygen atoms in total. The molecule has 0 bridgehead atoms. The first-order valence-electron chi connectivity index (χ1n) is 9.18. The lowest BCUT2D eigenvalue weighted by Crippen LogP contribution is -2.60. The van der Waals surface area contributed by atoms with E-state index in [4.69, 9.17) is 0 Å². The number of benzene rings is 1. The smallest absolute Gasteiger partial charge is 0.388 e. The molecule has 0 aliphatic carbocycles. The van der Waals surface area contributed by atoms with E-state index in [9.17, 15) is 84.1 Å². The molecule has 0 saturated heterocycles. The van der Waals surface area contributed by atoms with Gasteiger partial charge in [-0.1, -0.05) is 32.0 Å². The molecule has 0 radical (unpaired) electrons. The molecule has 0 aromatic heterocycles. The first-order chi connectivity index (χ1) is 16.0. The lowest BCUT2D eigenvalue weighted by molar-refractivity contribution is -0.401. The minimum Gasteiger partial charge on any atom is -0.388 e. The molecule has 0 heterocycles. The summed E-state index contributed by atoms with van der Waals surface area (Å²) in [5, 5.41) is 9.97. The van der Waals surface area contributed by atoms with E-state index in [1.54, 1.807) is 0 Å². The molecular weight excluding hydrogens is 574 g/mol. The highest BCUT2D eigenvalue weighted by molar-refractivity contribution is 5.45. The molecule has 1 rings (SSSR count). The van der Waals surface area contributed by atoms with Crippen LogP contribution in [0, 0.1) is 5.92 Å². The van der Waals surface area contributed by atoms with Gasteiger partial charge >= 0.3 is 47.9 Å². The lowest BCUT2D eigenvalue weighted by atomic mass is 9.81. The van der Waals surface area contributed by atoms with E-state index in [1.165, 1.54) is 0 Å². The molecule has 216 valence electrons. The Balaban J connectivity index is 4.18. The van der Waals surface area contributed by atoms with Crippen LogP contribution in [-0.2, 0) is 11.8 Å². The third-order valence-corrected chi connectivity index (χ3v) is 5.00. The van der Waals surface area contributed by atoms with E-state index < -0.39 is 94.8 Å². The van der Waals surface area contributed by atoms with Gasteiger partial charge in [0.05, 0.1) is 6.10 Å². The van der Waals surface area contributed by atoms with Crippen molar-refractivity contribution in [1.29, 1.82) is 0 Å². The van der Waals surface area contributed by atoms with Gasteiger partial charge in [0.1, 0.15) is 0 Å². The monoisotopic (exact) mass is 586 g/mol. The van der Waals surface area contributed by atoms with Gasteiger partial charge in [-0.2, -0.15) is 79.0 Å². The number of halogens is 18. The number of hydrogen-bond acceptors (Lipinski definition) is 1. The zero-order valence-corrected chi connectivity index (χ0v) is 17.6. The van der Waals surface area contributed by atoms with Gasteiger partial charge in [0.15, 0.2) is 0 Å². The topological polar surface area (TPSA) is 20.2 Å². The van der Waals surface area contributed by atoms with Crippen LogP contribution in [0.4, 0.5) is 79.0 Å². The molecule has 0 aliphatic heterocycles. The number of hydrogen-bond donors (Lipinski definition) is 1. The first-order valence-corrected chi connectivity index (χ1v) is 9.18. The predicted molar refractivity (Wildman–Crippen MR) is 85.9 cm³/mol. The van der Waals surface area contributed by atoms with E-state index in [1.807, 2.05) is 0 Å². The minimum atomic E-state index is -7.64. The normalized spacial score (nSPS) is 16.4. The number of rotatable bonds is 8.